The molecule has 0 saturated heterocycles. The average molecular weight is 300 g/mol. The average Bonchev–Trinajstić information content (AvgIpc) is 2.92. The summed E-state index contributed by atoms with van der Waals surface area (Å²) in [4.78, 5) is -0.0958. The van der Waals surface area contributed by atoms with Crippen LogP contribution in [0.25, 0.3) is 0 Å². The summed E-state index contributed by atoms with van der Waals surface area (Å²) in [7, 11) is -3.75. The Labute approximate surface area is 115 Å². The monoisotopic (exact) mass is 300 g/mol. The van der Waals surface area contributed by atoms with Crippen LogP contribution in [0.15, 0.2) is 35.5 Å². The number of hydrogen-bond acceptors (Lipinski definition) is 5. The van der Waals surface area contributed by atoms with Gasteiger partial charge in [0.25, 0.3) is 0 Å². The summed E-state index contributed by atoms with van der Waals surface area (Å²) in [6.07, 6.45) is 3.10. The van der Waals surface area contributed by atoms with Crippen molar-refractivity contribution in [1.82, 2.24) is 19.7 Å². The molecule has 2 N–H and O–H groups in total. The maximum absolute atomic E-state index is 13.2. The molecule has 2 aromatic rings. The molecule has 0 fully saturated rings. The number of sulfonamides is 1. The molecule has 0 atom stereocenters. The van der Waals surface area contributed by atoms with Crippen LogP contribution in [0.5, 0.6) is 0 Å². The van der Waals surface area contributed by atoms with E-state index >= 15 is 0 Å². The predicted octanol–water partition coefficient (Wildman–Crippen LogP) is -0.112. The van der Waals surface area contributed by atoms with Crippen LogP contribution < -0.4 is 4.72 Å². The first kappa shape index (κ1) is 14.6. The van der Waals surface area contributed by atoms with Crippen molar-refractivity contribution in [3.05, 3.63) is 42.0 Å². The molecule has 0 aliphatic carbocycles. The number of nitrogens with one attached hydrogen (secondary N) is 1. The molecule has 0 radical (unpaired) electrons. The normalized spacial score (nSPS) is 11.7. The number of benzene rings is 1. The molecule has 1 aromatic heterocycles. The summed E-state index contributed by atoms with van der Waals surface area (Å²) in [5, 5.41) is 16.2. The third-order valence-electron chi connectivity index (χ3n) is 2.60. The summed E-state index contributed by atoms with van der Waals surface area (Å²) in [5.74, 6) is -0.644. The van der Waals surface area contributed by atoms with E-state index in [2.05, 4.69) is 15.0 Å². The molecule has 1 heterocycles. The van der Waals surface area contributed by atoms with Crippen molar-refractivity contribution in [2.24, 2.45) is 0 Å². The molecule has 0 saturated carbocycles. The molecular weight excluding hydrogens is 287 g/mol. The Morgan fingerprint density at radius 1 is 1.40 bits per heavy atom. The van der Waals surface area contributed by atoms with Crippen LogP contribution in [0.1, 0.15) is 5.56 Å². The molecular formula is C11H13FN4O3S. The quantitative estimate of drug-likeness (QED) is 0.775. The molecule has 108 valence electrons. The first-order valence-electron chi connectivity index (χ1n) is 5.76. The van der Waals surface area contributed by atoms with E-state index in [9.17, 15) is 12.8 Å². The lowest BCUT2D eigenvalue weighted by Crippen LogP contribution is -2.27. The largest absolute Gasteiger partial charge is 0.392 e. The van der Waals surface area contributed by atoms with Gasteiger partial charge >= 0.3 is 0 Å². The lowest BCUT2D eigenvalue weighted by molar-refractivity contribution is 0.275. The minimum Gasteiger partial charge on any atom is -0.392 e. The predicted molar refractivity (Wildman–Crippen MR) is 67.5 cm³/mol. The number of aromatic nitrogens is 3. The van der Waals surface area contributed by atoms with Gasteiger partial charge < -0.3 is 5.11 Å². The fraction of sp³-hybridized carbons (Fsp3) is 0.273. The molecule has 7 nitrogen and oxygen atoms in total. The van der Waals surface area contributed by atoms with Crippen molar-refractivity contribution < 1.29 is 17.9 Å². The Balaban J connectivity index is 2.06. The van der Waals surface area contributed by atoms with E-state index in [0.717, 1.165) is 18.2 Å². The number of nitrogens with zero attached hydrogens (tertiary/aromatic N) is 3. The molecule has 0 amide bonds. The Morgan fingerprint density at radius 2 is 2.20 bits per heavy atom. The zero-order valence-electron chi connectivity index (χ0n) is 10.4. The first-order valence-corrected chi connectivity index (χ1v) is 7.24. The van der Waals surface area contributed by atoms with Crippen LogP contribution in [0.3, 0.4) is 0 Å². The van der Waals surface area contributed by atoms with Crippen LogP contribution in [-0.4, -0.2) is 35.1 Å². The topological polar surface area (TPSA) is 97.1 Å². The van der Waals surface area contributed by atoms with Gasteiger partial charge in [0.05, 0.1) is 24.2 Å². The van der Waals surface area contributed by atoms with Gasteiger partial charge in [-0.1, -0.05) is 5.21 Å². The van der Waals surface area contributed by atoms with Crippen molar-refractivity contribution in [2.45, 2.75) is 18.0 Å². The van der Waals surface area contributed by atoms with E-state index in [4.69, 9.17) is 5.11 Å². The number of aliphatic hydroxyl groups is 1. The van der Waals surface area contributed by atoms with E-state index in [0.29, 0.717) is 6.54 Å². The van der Waals surface area contributed by atoms with E-state index < -0.39 is 22.4 Å². The zero-order chi connectivity index (χ0) is 14.6. The molecule has 0 spiro atoms. The smallest absolute Gasteiger partial charge is 0.240 e. The highest BCUT2D eigenvalue weighted by molar-refractivity contribution is 7.89. The maximum atomic E-state index is 13.2. The van der Waals surface area contributed by atoms with Gasteiger partial charge in [-0.3, -0.25) is 4.68 Å². The Morgan fingerprint density at radius 3 is 2.85 bits per heavy atom. The highest BCUT2D eigenvalue weighted by Crippen LogP contribution is 2.14. The minimum absolute atomic E-state index is 0.0656. The van der Waals surface area contributed by atoms with Gasteiger partial charge in [-0.15, -0.1) is 5.10 Å². The molecule has 20 heavy (non-hydrogen) atoms. The van der Waals surface area contributed by atoms with Crippen molar-refractivity contribution in [3.63, 3.8) is 0 Å². The summed E-state index contributed by atoms with van der Waals surface area (Å²) in [6.45, 7) is -0.112. The summed E-state index contributed by atoms with van der Waals surface area (Å²) >= 11 is 0. The Kier molecular flexibility index (Phi) is 4.42. The van der Waals surface area contributed by atoms with Gasteiger partial charge in [0.2, 0.25) is 10.0 Å². The van der Waals surface area contributed by atoms with Gasteiger partial charge in [-0.25, -0.2) is 17.5 Å². The second-order valence-electron chi connectivity index (χ2n) is 3.98. The molecule has 1 aromatic carbocycles. The van der Waals surface area contributed by atoms with Crippen LogP contribution in [0.2, 0.25) is 0 Å². The van der Waals surface area contributed by atoms with Crippen LogP contribution in [-0.2, 0) is 23.2 Å². The lowest BCUT2D eigenvalue weighted by atomic mass is 10.2. The first-order chi connectivity index (χ1) is 9.53. The van der Waals surface area contributed by atoms with Crippen molar-refractivity contribution in [3.8, 4) is 0 Å². The highest BCUT2D eigenvalue weighted by Gasteiger charge is 2.15. The summed E-state index contributed by atoms with van der Waals surface area (Å²) in [6, 6.07) is 3.26. The Hall–Kier alpha value is -1.84. The molecule has 0 bridgehead atoms. The Bertz CT molecular complexity index is 673. The van der Waals surface area contributed by atoms with Gasteiger partial charge in [0, 0.05) is 18.3 Å². The van der Waals surface area contributed by atoms with Gasteiger partial charge in [-0.05, 0) is 18.2 Å². The maximum Gasteiger partial charge on any atom is 0.240 e. The van der Waals surface area contributed by atoms with Crippen molar-refractivity contribution in [2.75, 3.05) is 6.54 Å². The minimum atomic E-state index is -3.75. The number of hydrogen-bond donors (Lipinski definition) is 2. The number of halogens is 1. The van der Waals surface area contributed by atoms with Crippen molar-refractivity contribution >= 4 is 10.0 Å². The van der Waals surface area contributed by atoms with Crippen LogP contribution in [0, 0.1) is 5.82 Å². The second-order valence-corrected chi connectivity index (χ2v) is 5.74. The number of rotatable bonds is 6. The third-order valence-corrected chi connectivity index (χ3v) is 4.06. The third kappa shape index (κ3) is 3.38. The van der Waals surface area contributed by atoms with Gasteiger partial charge in [-0.2, -0.15) is 0 Å². The highest BCUT2D eigenvalue weighted by atomic mass is 32.2. The number of aliphatic hydroxyl groups excluding tert-OH is 1. The fourth-order valence-electron chi connectivity index (χ4n) is 1.57. The molecule has 0 unspecified atom stereocenters. The van der Waals surface area contributed by atoms with Crippen LogP contribution >= 0.6 is 0 Å². The van der Waals surface area contributed by atoms with Crippen LogP contribution in [0.4, 0.5) is 4.39 Å². The SMILES string of the molecule is O=S(=O)(NCCn1ccnn1)c1ccc(F)c(CO)c1. The van der Waals surface area contributed by atoms with Crippen molar-refractivity contribution in [1.29, 1.82) is 0 Å². The van der Waals surface area contributed by atoms with Gasteiger partial charge in [0.1, 0.15) is 5.82 Å². The second kappa shape index (κ2) is 6.07. The van der Waals surface area contributed by atoms with E-state index in [-0.39, 0.29) is 17.0 Å². The zero-order valence-corrected chi connectivity index (χ0v) is 11.2. The summed E-state index contributed by atoms with van der Waals surface area (Å²) in [5.41, 5.74) is -0.0656. The lowest BCUT2D eigenvalue weighted by Gasteiger charge is -2.08. The molecule has 0 aliphatic heterocycles. The summed E-state index contributed by atoms with van der Waals surface area (Å²) < 4.78 is 41.0. The molecule has 9 heteroatoms. The van der Waals surface area contributed by atoms with Gasteiger partial charge in [0.15, 0.2) is 0 Å². The fourth-order valence-corrected chi connectivity index (χ4v) is 2.64. The van der Waals surface area contributed by atoms with E-state index in [1.54, 1.807) is 6.20 Å². The molecule has 0 aliphatic rings. The standard InChI is InChI=1S/C11H13FN4O3S/c12-11-2-1-10(7-9(11)8-17)20(18,19)14-4-6-16-5-3-13-15-16/h1-3,5,7,14,17H,4,6,8H2. The van der Waals surface area contributed by atoms with E-state index in [1.807, 2.05) is 0 Å². The van der Waals surface area contributed by atoms with E-state index in [1.165, 1.54) is 10.9 Å². The molecule has 2 rings (SSSR count).